The van der Waals surface area contributed by atoms with E-state index in [2.05, 4.69) is 13.8 Å². The number of hydrogen-bond donors (Lipinski definition) is 3. The molecular weight excluding hydrogens is 637 g/mol. The molecule has 288 valence electrons. The minimum absolute atomic E-state index is 0.00465. The third-order valence-electron chi connectivity index (χ3n) is 9.94. The summed E-state index contributed by atoms with van der Waals surface area (Å²) in [7, 11) is 0. The first-order valence-electron chi connectivity index (χ1n) is 21.0. The zero-order valence-corrected chi connectivity index (χ0v) is 33.5. The molecule has 0 spiro atoms. The monoisotopic (exact) mass is 719 g/mol. The van der Waals surface area contributed by atoms with Gasteiger partial charge in [0.25, 0.3) is 0 Å². The molecule has 48 heavy (non-hydrogen) atoms. The molecule has 0 aliphatic carbocycles. The van der Waals surface area contributed by atoms with Gasteiger partial charge < -0.3 is 24.8 Å². The summed E-state index contributed by atoms with van der Waals surface area (Å²) in [5.41, 5.74) is 0. The lowest BCUT2D eigenvalue weighted by Gasteiger charge is -2.35. The molecule has 1 rings (SSSR count). The largest absolute Gasteiger partial charge is 0.388 e. The van der Waals surface area contributed by atoms with Crippen molar-refractivity contribution in [3.8, 4) is 0 Å². The summed E-state index contributed by atoms with van der Waals surface area (Å²) in [6.45, 7) is 5.09. The van der Waals surface area contributed by atoms with E-state index in [1.807, 2.05) is 23.5 Å². The Hall–Kier alpha value is 0.500. The van der Waals surface area contributed by atoms with Crippen LogP contribution in [0, 0.1) is 5.92 Å². The van der Waals surface area contributed by atoms with Crippen LogP contribution in [0.5, 0.6) is 0 Å². The van der Waals surface area contributed by atoms with Crippen molar-refractivity contribution in [3.63, 3.8) is 0 Å². The minimum atomic E-state index is -1.22. The van der Waals surface area contributed by atoms with E-state index in [-0.39, 0.29) is 6.61 Å². The summed E-state index contributed by atoms with van der Waals surface area (Å²) in [6, 6.07) is 0. The highest BCUT2D eigenvalue weighted by Gasteiger charge is 2.38. The second-order valence-corrected chi connectivity index (χ2v) is 17.1. The zero-order chi connectivity index (χ0) is 34.8. The summed E-state index contributed by atoms with van der Waals surface area (Å²) in [6.07, 6.45) is 34.7. The number of hydrogen-bond acceptors (Lipinski definition) is 7. The van der Waals surface area contributed by atoms with E-state index in [9.17, 15) is 15.3 Å². The highest BCUT2D eigenvalue weighted by Crippen LogP contribution is 2.23. The Bertz CT molecular complexity index is 606. The molecule has 5 nitrogen and oxygen atoms in total. The van der Waals surface area contributed by atoms with Crippen LogP contribution in [-0.4, -0.2) is 76.1 Å². The molecule has 0 aromatic rings. The molecule has 1 saturated heterocycles. The van der Waals surface area contributed by atoms with Crippen molar-refractivity contribution >= 4 is 23.5 Å². The molecule has 0 amide bonds. The van der Waals surface area contributed by atoms with Crippen LogP contribution >= 0.6 is 23.5 Å². The quantitative estimate of drug-likeness (QED) is 0.0552. The van der Waals surface area contributed by atoms with Gasteiger partial charge in [0.05, 0.1) is 13.2 Å². The molecule has 1 heterocycles. The first kappa shape index (κ1) is 46.5. The average molecular weight is 719 g/mol. The molecule has 7 heteroatoms. The molecule has 0 radical (unpaired) electrons. The third-order valence-corrected chi connectivity index (χ3v) is 12.5. The van der Waals surface area contributed by atoms with Crippen LogP contribution in [0.15, 0.2) is 0 Å². The van der Waals surface area contributed by atoms with Gasteiger partial charge in [-0.25, -0.2) is 0 Å². The number of aliphatic hydroxyl groups is 3. The van der Waals surface area contributed by atoms with Crippen LogP contribution in [0.25, 0.3) is 0 Å². The second-order valence-electron chi connectivity index (χ2n) is 14.8. The van der Waals surface area contributed by atoms with Crippen LogP contribution in [0.1, 0.15) is 194 Å². The smallest absolute Gasteiger partial charge is 0.186 e. The Balaban J connectivity index is 2.11. The lowest BCUT2D eigenvalue weighted by molar-refractivity contribution is -0.271. The van der Waals surface area contributed by atoms with Gasteiger partial charge in [-0.15, -0.1) is 0 Å². The summed E-state index contributed by atoms with van der Waals surface area (Å²) in [5.74, 6) is 4.89. The van der Waals surface area contributed by atoms with Gasteiger partial charge in [0.2, 0.25) is 0 Å². The van der Waals surface area contributed by atoms with Gasteiger partial charge in [0.15, 0.2) is 6.29 Å². The van der Waals surface area contributed by atoms with Crippen LogP contribution < -0.4 is 0 Å². The number of unbranched alkanes of at least 4 members (excludes halogenated alkanes) is 26. The Labute approximate surface area is 307 Å². The lowest BCUT2D eigenvalue weighted by Crippen LogP contribution is -2.54. The fraction of sp³-hybridized carbons (Fsp3) is 1.00. The van der Waals surface area contributed by atoms with Crippen molar-refractivity contribution < 1.29 is 24.8 Å². The maximum absolute atomic E-state index is 10.3. The van der Waals surface area contributed by atoms with Crippen molar-refractivity contribution in [2.45, 2.75) is 218 Å². The Morgan fingerprint density at radius 2 is 0.833 bits per heavy atom. The van der Waals surface area contributed by atoms with Crippen molar-refractivity contribution in [1.29, 1.82) is 0 Å². The van der Waals surface area contributed by atoms with Crippen LogP contribution in [-0.2, 0) is 9.47 Å². The predicted octanol–water partition coefficient (Wildman–Crippen LogP) is 11.5. The standard InChI is InChI=1S/C41H82O5S2/c1-3-5-7-9-11-13-15-17-19-21-23-25-27-29-31-47-35-37(33-45-41-40(44)39(43)38(42)34-46-41)36-48-32-30-28-26-24-22-20-18-16-14-12-10-8-6-4-2/h37-44H,3-36H2,1-2H3/t38-,39+,40-,41+/m1/s1. The van der Waals surface area contributed by atoms with E-state index in [0.717, 1.165) is 11.5 Å². The maximum Gasteiger partial charge on any atom is 0.186 e. The normalized spacial score (nSPS) is 19.9. The Kier molecular flexibility index (Phi) is 34.8. The van der Waals surface area contributed by atoms with Crippen molar-refractivity contribution in [2.24, 2.45) is 5.92 Å². The van der Waals surface area contributed by atoms with E-state index in [0.29, 0.717) is 12.5 Å². The summed E-state index contributed by atoms with van der Waals surface area (Å²) >= 11 is 4.07. The highest BCUT2D eigenvalue weighted by atomic mass is 32.2. The van der Waals surface area contributed by atoms with Gasteiger partial charge in [0.1, 0.15) is 18.3 Å². The van der Waals surface area contributed by atoms with Gasteiger partial charge in [-0.05, 0) is 35.9 Å². The molecule has 0 aromatic carbocycles. The minimum Gasteiger partial charge on any atom is -0.388 e. The van der Waals surface area contributed by atoms with Crippen molar-refractivity contribution in [3.05, 3.63) is 0 Å². The van der Waals surface area contributed by atoms with Gasteiger partial charge in [0, 0.05) is 5.92 Å². The topological polar surface area (TPSA) is 79.2 Å². The molecule has 0 unspecified atom stereocenters. The molecule has 1 fully saturated rings. The average Bonchev–Trinajstić information content (AvgIpc) is 3.09. The molecular formula is C41H82O5S2. The molecule has 0 bridgehead atoms. The van der Waals surface area contributed by atoms with E-state index in [1.54, 1.807) is 0 Å². The third kappa shape index (κ3) is 28.1. The van der Waals surface area contributed by atoms with Crippen LogP contribution in [0.4, 0.5) is 0 Å². The Morgan fingerprint density at radius 3 is 1.19 bits per heavy atom. The summed E-state index contributed by atoms with van der Waals surface area (Å²) in [5, 5.41) is 30.1. The van der Waals surface area contributed by atoms with Gasteiger partial charge in [-0.3, -0.25) is 0 Å². The molecule has 4 atom stereocenters. The second kappa shape index (κ2) is 35.9. The van der Waals surface area contributed by atoms with Crippen molar-refractivity contribution in [1.82, 2.24) is 0 Å². The zero-order valence-electron chi connectivity index (χ0n) is 31.9. The molecule has 1 aliphatic heterocycles. The summed E-state index contributed by atoms with van der Waals surface area (Å²) in [4.78, 5) is 0. The van der Waals surface area contributed by atoms with Crippen molar-refractivity contribution in [2.75, 3.05) is 36.2 Å². The Morgan fingerprint density at radius 1 is 0.500 bits per heavy atom. The fourth-order valence-electron chi connectivity index (χ4n) is 6.60. The number of ether oxygens (including phenoxy) is 2. The first-order valence-corrected chi connectivity index (χ1v) is 23.3. The van der Waals surface area contributed by atoms with E-state index < -0.39 is 24.6 Å². The van der Waals surface area contributed by atoms with E-state index in [1.165, 1.54) is 191 Å². The molecule has 3 N–H and O–H groups in total. The van der Waals surface area contributed by atoms with Crippen LogP contribution in [0.3, 0.4) is 0 Å². The molecule has 0 saturated carbocycles. The number of thioether (sulfide) groups is 2. The first-order chi connectivity index (χ1) is 23.6. The molecule has 0 aromatic heterocycles. The fourth-order valence-corrected chi connectivity index (χ4v) is 8.99. The van der Waals surface area contributed by atoms with Gasteiger partial charge in [-0.1, -0.05) is 181 Å². The van der Waals surface area contributed by atoms with E-state index in [4.69, 9.17) is 9.47 Å². The van der Waals surface area contributed by atoms with E-state index >= 15 is 0 Å². The maximum atomic E-state index is 10.3. The predicted molar refractivity (Wildman–Crippen MR) is 212 cm³/mol. The highest BCUT2D eigenvalue weighted by molar-refractivity contribution is 8.00. The SMILES string of the molecule is CCCCCCCCCCCCCCCCSCC(CO[C@H]1OC[C@@H](O)[C@H](O)[C@H]1O)CSCCCCCCCCCCCCCCCC. The summed E-state index contributed by atoms with van der Waals surface area (Å²) < 4.78 is 11.5. The van der Waals surface area contributed by atoms with Gasteiger partial charge >= 0.3 is 0 Å². The lowest BCUT2D eigenvalue weighted by atomic mass is 10.0. The number of aliphatic hydroxyl groups excluding tert-OH is 3. The molecule has 1 aliphatic rings. The van der Waals surface area contributed by atoms with Crippen LogP contribution in [0.2, 0.25) is 0 Å². The number of rotatable bonds is 37. The van der Waals surface area contributed by atoms with Gasteiger partial charge in [-0.2, -0.15) is 23.5 Å².